The fourth-order valence-electron chi connectivity index (χ4n) is 2.68. The van der Waals surface area contributed by atoms with Gasteiger partial charge in [0.1, 0.15) is 0 Å². The number of nitrogens with zero attached hydrogens (tertiary/aromatic N) is 3. The molecule has 1 aliphatic rings. The molecule has 1 atom stereocenters. The van der Waals surface area contributed by atoms with Crippen molar-refractivity contribution in [2.75, 3.05) is 20.1 Å². The Balaban J connectivity index is 1.97. The van der Waals surface area contributed by atoms with E-state index in [4.69, 9.17) is 0 Å². The standard InChI is InChI=1S/C15H22N4O2/c1-12-5-4-8-18(11-12)15(16-2)17-10-13-6-3-7-14(9-13)19(20)21/h3,6-7,9,12H,4-5,8,10-11H2,1-2H3,(H,16,17). The van der Waals surface area contributed by atoms with Gasteiger partial charge in [0.25, 0.3) is 5.69 Å². The third-order valence-corrected chi connectivity index (χ3v) is 3.74. The van der Waals surface area contributed by atoms with Crippen molar-refractivity contribution in [3.8, 4) is 0 Å². The maximum Gasteiger partial charge on any atom is 0.269 e. The van der Waals surface area contributed by atoms with Crippen LogP contribution in [-0.2, 0) is 6.54 Å². The van der Waals surface area contributed by atoms with Gasteiger partial charge in [0.2, 0.25) is 0 Å². The van der Waals surface area contributed by atoms with Gasteiger partial charge in [-0.05, 0) is 24.3 Å². The normalized spacial score (nSPS) is 19.4. The molecular weight excluding hydrogens is 268 g/mol. The number of benzene rings is 1. The van der Waals surface area contributed by atoms with Crippen LogP contribution in [0.15, 0.2) is 29.3 Å². The number of hydrogen-bond donors (Lipinski definition) is 1. The van der Waals surface area contributed by atoms with E-state index in [1.54, 1.807) is 19.2 Å². The van der Waals surface area contributed by atoms with Crippen LogP contribution in [0.5, 0.6) is 0 Å². The van der Waals surface area contributed by atoms with Gasteiger partial charge < -0.3 is 10.2 Å². The number of piperidine rings is 1. The minimum Gasteiger partial charge on any atom is -0.352 e. The van der Waals surface area contributed by atoms with Crippen LogP contribution in [-0.4, -0.2) is 35.9 Å². The zero-order chi connectivity index (χ0) is 15.2. The quantitative estimate of drug-likeness (QED) is 0.401. The van der Waals surface area contributed by atoms with E-state index >= 15 is 0 Å². The van der Waals surface area contributed by atoms with Gasteiger partial charge in [-0.1, -0.05) is 19.1 Å². The molecule has 1 fully saturated rings. The first-order valence-corrected chi connectivity index (χ1v) is 7.29. The molecule has 1 heterocycles. The fraction of sp³-hybridized carbons (Fsp3) is 0.533. The molecule has 1 aliphatic heterocycles. The highest BCUT2D eigenvalue weighted by molar-refractivity contribution is 5.80. The lowest BCUT2D eigenvalue weighted by Gasteiger charge is -2.33. The van der Waals surface area contributed by atoms with Crippen molar-refractivity contribution in [3.05, 3.63) is 39.9 Å². The predicted molar refractivity (Wildman–Crippen MR) is 83.3 cm³/mol. The minimum absolute atomic E-state index is 0.121. The van der Waals surface area contributed by atoms with E-state index < -0.39 is 0 Å². The first kappa shape index (κ1) is 15.3. The summed E-state index contributed by atoms with van der Waals surface area (Å²) in [5.74, 6) is 1.54. The summed E-state index contributed by atoms with van der Waals surface area (Å²) in [6.45, 7) is 4.81. The van der Waals surface area contributed by atoms with Gasteiger partial charge in [-0.25, -0.2) is 0 Å². The Morgan fingerprint density at radius 3 is 3.05 bits per heavy atom. The highest BCUT2D eigenvalue weighted by Gasteiger charge is 2.19. The molecule has 1 aromatic carbocycles. The molecule has 0 radical (unpaired) electrons. The number of nitrogens with one attached hydrogen (secondary N) is 1. The number of aliphatic imine (C=N–C) groups is 1. The molecule has 21 heavy (non-hydrogen) atoms. The predicted octanol–water partition coefficient (Wildman–Crippen LogP) is 2.40. The van der Waals surface area contributed by atoms with Crippen LogP contribution in [0.1, 0.15) is 25.3 Å². The van der Waals surface area contributed by atoms with Crippen molar-refractivity contribution < 1.29 is 4.92 Å². The van der Waals surface area contributed by atoms with Crippen molar-refractivity contribution >= 4 is 11.6 Å². The molecule has 6 heteroatoms. The lowest BCUT2D eigenvalue weighted by atomic mass is 10.0. The Bertz CT molecular complexity index is 530. The van der Waals surface area contributed by atoms with Crippen molar-refractivity contribution in [1.82, 2.24) is 10.2 Å². The van der Waals surface area contributed by atoms with Crippen LogP contribution >= 0.6 is 0 Å². The molecule has 0 amide bonds. The monoisotopic (exact) mass is 290 g/mol. The number of guanidine groups is 1. The molecular formula is C15H22N4O2. The van der Waals surface area contributed by atoms with Gasteiger partial charge in [-0.15, -0.1) is 0 Å². The maximum atomic E-state index is 10.8. The lowest BCUT2D eigenvalue weighted by Crippen LogP contribution is -2.45. The van der Waals surface area contributed by atoms with Gasteiger partial charge in [-0.3, -0.25) is 15.1 Å². The number of likely N-dealkylation sites (tertiary alicyclic amines) is 1. The van der Waals surface area contributed by atoms with Gasteiger partial charge in [0, 0.05) is 38.8 Å². The molecule has 0 bridgehead atoms. The van der Waals surface area contributed by atoms with Crippen LogP contribution in [0.2, 0.25) is 0 Å². The van der Waals surface area contributed by atoms with E-state index in [1.807, 2.05) is 6.07 Å². The van der Waals surface area contributed by atoms with Crippen molar-refractivity contribution in [1.29, 1.82) is 0 Å². The number of nitro benzene ring substituents is 1. The summed E-state index contributed by atoms with van der Waals surface area (Å²) in [6.07, 6.45) is 2.44. The Hall–Kier alpha value is -2.11. The molecule has 1 saturated heterocycles. The second kappa shape index (κ2) is 7.06. The lowest BCUT2D eigenvalue weighted by molar-refractivity contribution is -0.384. The van der Waals surface area contributed by atoms with E-state index in [-0.39, 0.29) is 10.6 Å². The van der Waals surface area contributed by atoms with Crippen molar-refractivity contribution in [2.45, 2.75) is 26.3 Å². The Labute approximate surface area is 125 Å². The Morgan fingerprint density at radius 1 is 1.57 bits per heavy atom. The topological polar surface area (TPSA) is 70.8 Å². The second-order valence-electron chi connectivity index (χ2n) is 5.52. The van der Waals surface area contributed by atoms with Crippen LogP contribution in [0.4, 0.5) is 5.69 Å². The summed E-state index contributed by atoms with van der Waals surface area (Å²) >= 11 is 0. The zero-order valence-electron chi connectivity index (χ0n) is 12.6. The molecule has 1 unspecified atom stereocenters. The summed E-state index contributed by atoms with van der Waals surface area (Å²) in [7, 11) is 1.77. The highest BCUT2D eigenvalue weighted by Crippen LogP contribution is 2.16. The van der Waals surface area contributed by atoms with Crippen molar-refractivity contribution in [3.63, 3.8) is 0 Å². The zero-order valence-corrected chi connectivity index (χ0v) is 12.6. The average molecular weight is 290 g/mol. The molecule has 1 N–H and O–H groups in total. The van der Waals surface area contributed by atoms with Crippen LogP contribution in [0.3, 0.4) is 0 Å². The molecule has 6 nitrogen and oxygen atoms in total. The number of non-ortho nitro benzene ring substituents is 1. The third-order valence-electron chi connectivity index (χ3n) is 3.74. The molecule has 1 aromatic rings. The highest BCUT2D eigenvalue weighted by atomic mass is 16.6. The average Bonchev–Trinajstić information content (AvgIpc) is 2.48. The van der Waals surface area contributed by atoms with E-state index in [2.05, 4.69) is 22.1 Å². The summed E-state index contributed by atoms with van der Waals surface area (Å²) in [5, 5.41) is 14.1. The first-order valence-electron chi connectivity index (χ1n) is 7.29. The molecule has 0 saturated carbocycles. The van der Waals surface area contributed by atoms with E-state index in [9.17, 15) is 10.1 Å². The summed E-state index contributed by atoms with van der Waals surface area (Å²) < 4.78 is 0. The maximum absolute atomic E-state index is 10.8. The third kappa shape index (κ3) is 4.18. The summed E-state index contributed by atoms with van der Waals surface area (Å²) in [4.78, 5) is 17.0. The van der Waals surface area contributed by atoms with Crippen LogP contribution in [0.25, 0.3) is 0 Å². The molecule has 0 aliphatic carbocycles. The molecule has 114 valence electrons. The van der Waals surface area contributed by atoms with Crippen LogP contribution in [0, 0.1) is 16.0 Å². The van der Waals surface area contributed by atoms with Gasteiger partial charge in [-0.2, -0.15) is 0 Å². The second-order valence-corrected chi connectivity index (χ2v) is 5.52. The largest absolute Gasteiger partial charge is 0.352 e. The van der Waals surface area contributed by atoms with E-state index in [0.717, 1.165) is 24.6 Å². The SMILES string of the molecule is CN=C(NCc1cccc([N+](=O)[O-])c1)N1CCCC(C)C1. The fourth-order valence-corrected chi connectivity index (χ4v) is 2.68. The van der Waals surface area contributed by atoms with Gasteiger partial charge >= 0.3 is 0 Å². The molecule has 0 aromatic heterocycles. The molecule has 0 spiro atoms. The first-order chi connectivity index (χ1) is 10.1. The number of hydrogen-bond acceptors (Lipinski definition) is 3. The van der Waals surface area contributed by atoms with Gasteiger partial charge in [0.15, 0.2) is 5.96 Å². The van der Waals surface area contributed by atoms with Crippen LogP contribution < -0.4 is 5.32 Å². The van der Waals surface area contributed by atoms with E-state index in [0.29, 0.717) is 12.5 Å². The van der Waals surface area contributed by atoms with E-state index in [1.165, 1.54) is 18.9 Å². The number of nitro groups is 1. The Kier molecular flexibility index (Phi) is 5.14. The Morgan fingerprint density at radius 2 is 2.38 bits per heavy atom. The van der Waals surface area contributed by atoms with Gasteiger partial charge in [0.05, 0.1) is 4.92 Å². The minimum atomic E-state index is -0.370. The molecule has 2 rings (SSSR count). The van der Waals surface area contributed by atoms with Crippen molar-refractivity contribution in [2.24, 2.45) is 10.9 Å². The smallest absolute Gasteiger partial charge is 0.269 e. The summed E-state index contributed by atoms with van der Waals surface area (Å²) in [5.41, 5.74) is 1.01. The number of rotatable bonds is 3. The summed E-state index contributed by atoms with van der Waals surface area (Å²) in [6, 6.07) is 6.69.